The van der Waals surface area contributed by atoms with Crippen LogP contribution in [0.4, 0.5) is 4.79 Å². The summed E-state index contributed by atoms with van der Waals surface area (Å²) in [4.78, 5) is 22.2. The van der Waals surface area contributed by atoms with E-state index in [1.54, 1.807) is 13.8 Å². The molecule has 14 heavy (non-hydrogen) atoms. The molecule has 3 amide bonds. The minimum Gasteiger partial charge on any atom is -0.338 e. The molecule has 5 heteroatoms. The predicted octanol–water partition coefficient (Wildman–Crippen LogP) is -0.557. The molecular weight excluding hydrogens is 182 g/mol. The van der Waals surface area contributed by atoms with E-state index in [9.17, 15) is 9.59 Å². The van der Waals surface area contributed by atoms with Crippen LogP contribution in [-0.4, -0.2) is 31.1 Å². The van der Waals surface area contributed by atoms with Crippen LogP contribution in [0.3, 0.4) is 0 Å². The van der Waals surface area contributed by atoms with Crippen molar-refractivity contribution in [3.8, 4) is 12.3 Å². The number of rotatable bonds is 4. The SMILES string of the molecule is C#CCNC(C)C(=O)NC(=O)NCC. The molecule has 0 heterocycles. The fraction of sp³-hybridized carbons (Fsp3) is 0.556. The second-order valence-electron chi connectivity index (χ2n) is 2.66. The highest BCUT2D eigenvalue weighted by Crippen LogP contribution is 1.80. The number of nitrogens with one attached hydrogen (secondary N) is 3. The van der Waals surface area contributed by atoms with Crippen molar-refractivity contribution in [2.45, 2.75) is 19.9 Å². The third kappa shape index (κ3) is 5.17. The van der Waals surface area contributed by atoms with Gasteiger partial charge < -0.3 is 5.32 Å². The van der Waals surface area contributed by atoms with Crippen molar-refractivity contribution in [3.63, 3.8) is 0 Å². The van der Waals surface area contributed by atoms with Crippen molar-refractivity contribution in [2.24, 2.45) is 0 Å². The van der Waals surface area contributed by atoms with Gasteiger partial charge in [-0.1, -0.05) is 5.92 Å². The Hall–Kier alpha value is -1.54. The first kappa shape index (κ1) is 12.5. The van der Waals surface area contributed by atoms with Crippen molar-refractivity contribution < 1.29 is 9.59 Å². The summed E-state index contributed by atoms with van der Waals surface area (Å²) in [6.07, 6.45) is 5.00. The molecule has 0 aliphatic heterocycles. The Balaban J connectivity index is 3.84. The number of carbonyl (C=O) groups excluding carboxylic acids is 2. The summed E-state index contributed by atoms with van der Waals surface area (Å²) < 4.78 is 0. The van der Waals surface area contributed by atoms with Crippen LogP contribution in [0.2, 0.25) is 0 Å². The number of imide groups is 1. The third-order valence-corrected chi connectivity index (χ3v) is 1.48. The van der Waals surface area contributed by atoms with Gasteiger partial charge >= 0.3 is 6.03 Å². The lowest BCUT2D eigenvalue weighted by Crippen LogP contribution is -2.48. The summed E-state index contributed by atoms with van der Waals surface area (Å²) in [5.41, 5.74) is 0. The molecule has 0 spiro atoms. The average molecular weight is 197 g/mol. The van der Waals surface area contributed by atoms with Crippen LogP contribution in [-0.2, 0) is 4.79 Å². The van der Waals surface area contributed by atoms with E-state index < -0.39 is 18.0 Å². The quantitative estimate of drug-likeness (QED) is 0.529. The summed E-state index contributed by atoms with van der Waals surface area (Å²) in [7, 11) is 0. The molecule has 0 radical (unpaired) electrons. The summed E-state index contributed by atoms with van der Waals surface area (Å²) in [5.74, 6) is 1.94. The topological polar surface area (TPSA) is 70.2 Å². The van der Waals surface area contributed by atoms with E-state index in [1.807, 2.05) is 0 Å². The van der Waals surface area contributed by atoms with Gasteiger partial charge in [-0.2, -0.15) is 0 Å². The molecule has 0 aromatic rings. The molecule has 0 saturated carbocycles. The fourth-order valence-electron chi connectivity index (χ4n) is 0.730. The van der Waals surface area contributed by atoms with Crippen LogP contribution in [0, 0.1) is 12.3 Å². The van der Waals surface area contributed by atoms with Crippen LogP contribution in [0.5, 0.6) is 0 Å². The lowest BCUT2D eigenvalue weighted by molar-refractivity contribution is -0.121. The number of amides is 3. The molecule has 1 unspecified atom stereocenters. The summed E-state index contributed by atoms with van der Waals surface area (Å²) in [5, 5.41) is 7.37. The molecule has 3 N–H and O–H groups in total. The highest BCUT2D eigenvalue weighted by Gasteiger charge is 2.13. The number of carbonyl (C=O) groups is 2. The van der Waals surface area contributed by atoms with E-state index >= 15 is 0 Å². The van der Waals surface area contributed by atoms with Gasteiger partial charge in [0.05, 0.1) is 12.6 Å². The maximum atomic E-state index is 11.2. The summed E-state index contributed by atoms with van der Waals surface area (Å²) >= 11 is 0. The van der Waals surface area contributed by atoms with Crippen LogP contribution in [0.1, 0.15) is 13.8 Å². The molecule has 0 aromatic heterocycles. The van der Waals surface area contributed by atoms with Crippen LogP contribution in [0.15, 0.2) is 0 Å². The maximum Gasteiger partial charge on any atom is 0.321 e. The minimum atomic E-state index is -0.494. The Bertz CT molecular complexity index is 245. The van der Waals surface area contributed by atoms with Crippen molar-refractivity contribution in [2.75, 3.05) is 13.1 Å². The normalized spacial score (nSPS) is 11.2. The molecule has 0 fully saturated rings. The molecule has 0 aromatic carbocycles. The van der Waals surface area contributed by atoms with E-state index in [2.05, 4.69) is 21.9 Å². The third-order valence-electron chi connectivity index (χ3n) is 1.48. The molecular formula is C9H15N3O2. The molecule has 0 aliphatic carbocycles. The minimum absolute atomic E-state index is 0.296. The number of hydrogen-bond acceptors (Lipinski definition) is 3. The average Bonchev–Trinajstić information content (AvgIpc) is 2.14. The first-order valence-corrected chi connectivity index (χ1v) is 4.37. The van der Waals surface area contributed by atoms with E-state index in [4.69, 9.17) is 6.42 Å². The zero-order valence-corrected chi connectivity index (χ0v) is 8.39. The fourth-order valence-corrected chi connectivity index (χ4v) is 0.730. The molecule has 0 aliphatic rings. The van der Waals surface area contributed by atoms with Gasteiger partial charge in [-0.15, -0.1) is 6.42 Å². The Morgan fingerprint density at radius 2 is 2.14 bits per heavy atom. The van der Waals surface area contributed by atoms with Crippen molar-refractivity contribution in [1.82, 2.24) is 16.0 Å². The number of urea groups is 1. The van der Waals surface area contributed by atoms with E-state index in [-0.39, 0.29) is 0 Å². The van der Waals surface area contributed by atoms with Crippen molar-refractivity contribution in [1.29, 1.82) is 0 Å². The second-order valence-corrected chi connectivity index (χ2v) is 2.66. The van der Waals surface area contributed by atoms with Gasteiger partial charge in [0.25, 0.3) is 0 Å². The van der Waals surface area contributed by atoms with Crippen molar-refractivity contribution in [3.05, 3.63) is 0 Å². The Kier molecular flexibility index (Phi) is 6.16. The molecule has 0 saturated heterocycles. The smallest absolute Gasteiger partial charge is 0.321 e. The first-order chi connectivity index (χ1) is 6.61. The predicted molar refractivity (Wildman–Crippen MR) is 53.5 cm³/mol. The second kappa shape index (κ2) is 6.92. The van der Waals surface area contributed by atoms with E-state index in [1.165, 1.54) is 0 Å². The highest BCUT2D eigenvalue weighted by atomic mass is 16.2. The first-order valence-electron chi connectivity index (χ1n) is 4.37. The Labute approximate surface area is 83.6 Å². The van der Waals surface area contributed by atoms with Gasteiger partial charge in [0.15, 0.2) is 0 Å². The van der Waals surface area contributed by atoms with Gasteiger partial charge in [0, 0.05) is 6.54 Å². The van der Waals surface area contributed by atoms with Crippen LogP contribution >= 0.6 is 0 Å². The molecule has 0 bridgehead atoms. The van der Waals surface area contributed by atoms with E-state index in [0.717, 1.165) is 0 Å². The van der Waals surface area contributed by atoms with Gasteiger partial charge in [0.2, 0.25) is 5.91 Å². The molecule has 5 nitrogen and oxygen atoms in total. The monoisotopic (exact) mass is 197 g/mol. The van der Waals surface area contributed by atoms with Crippen LogP contribution < -0.4 is 16.0 Å². The summed E-state index contributed by atoms with van der Waals surface area (Å²) in [6, 6.07) is -0.972. The molecule has 1 atom stereocenters. The van der Waals surface area contributed by atoms with E-state index in [0.29, 0.717) is 13.1 Å². The lowest BCUT2D eigenvalue weighted by atomic mass is 10.3. The molecule has 78 valence electrons. The molecule has 0 rings (SSSR count). The van der Waals surface area contributed by atoms with Gasteiger partial charge in [0.1, 0.15) is 0 Å². The van der Waals surface area contributed by atoms with Crippen LogP contribution in [0.25, 0.3) is 0 Å². The standard InChI is InChI=1S/C9H15N3O2/c1-4-6-11-7(3)8(13)12-9(14)10-5-2/h1,7,11H,5-6H2,2-3H3,(H2,10,12,13,14). The largest absolute Gasteiger partial charge is 0.338 e. The van der Waals surface area contributed by atoms with Crippen molar-refractivity contribution >= 4 is 11.9 Å². The number of terminal acetylenes is 1. The lowest BCUT2D eigenvalue weighted by Gasteiger charge is -2.11. The maximum absolute atomic E-state index is 11.2. The van der Waals surface area contributed by atoms with Gasteiger partial charge in [-0.3, -0.25) is 15.4 Å². The zero-order valence-electron chi connectivity index (χ0n) is 8.39. The van der Waals surface area contributed by atoms with Gasteiger partial charge in [-0.25, -0.2) is 4.79 Å². The van der Waals surface area contributed by atoms with Gasteiger partial charge in [-0.05, 0) is 13.8 Å². The zero-order chi connectivity index (χ0) is 11.0. The Morgan fingerprint density at radius 3 is 2.64 bits per heavy atom. The Morgan fingerprint density at radius 1 is 1.50 bits per heavy atom. The highest BCUT2D eigenvalue weighted by molar-refractivity contribution is 5.96. The number of hydrogen-bond donors (Lipinski definition) is 3. The summed E-state index contributed by atoms with van der Waals surface area (Å²) in [6.45, 7) is 4.17.